The fourth-order valence-electron chi connectivity index (χ4n) is 2.39. The van der Waals surface area contributed by atoms with Crippen LogP contribution in [0.15, 0.2) is 47.0 Å². The van der Waals surface area contributed by atoms with Crippen LogP contribution >= 0.6 is 0 Å². The molecule has 0 spiro atoms. The lowest BCUT2D eigenvalue weighted by atomic mass is 10.00. The average molecular weight is 267 g/mol. The molecule has 0 amide bonds. The first-order valence-electron chi connectivity index (χ1n) is 6.74. The van der Waals surface area contributed by atoms with Gasteiger partial charge in [-0.3, -0.25) is 0 Å². The van der Waals surface area contributed by atoms with E-state index in [1.807, 2.05) is 6.92 Å². The number of aryl methyl sites for hydroxylation is 1. The van der Waals surface area contributed by atoms with Crippen molar-refractivity contribution in [2.45, 2.75) is 26.4 Å². The Hall–Kier alpha value is -2.20. The van der Waals surface area contributed by atoms with Gasteiger partial charge in [0.25, 0.3) is 0 Å². The van der Waals surface area contributed by atoms with Gasteiger partial charge in [0.15, 0.2) is 5.82 Å². The molecule has 0 saturated heterocycles. The minimum atomic E-state index is 0.216. The van der Waals surface area contributed by atoms with Crippen LogP contribution in [0.25, 0.3) is 10.8 Å². The summed E-state index contributed by atoms with van der Waals surface area (Å²) in [6.45, 7) is 4.54. The van der Waals surface area contributed by atoms with E-state index < -0.39 is 0 Å². The second-order valence-electron chi connectivity index (χ2n) is 4.91. The highest BCUT2D eigenvalue weighted by molar-refractivity contribution is 5.86. The van der Waals surface area contributed by atoms with Crippen molar-refractivity contribution < 1.29 is 4.52 Å². The summed E-state index contributed by atoms with van der Waals surface area (Å²) in [5, 5.41) is 9.75. The van der Waals surface area contributed by atoms with E-state index in [1.165, 1.54) is 16.3 Å². The van der Waals surface area contributed by atoms with E-state index in [0.717, 1.165) is 0 Å². The maximum Gasteiger partial charge on any atom is 0.240 e. The van der Waals surface area contributed by atoms with E-state index in [0.29, 0.717) is 18.3 Å². The molecule has 3 aromatic rings. The fourth-order valence-corrected chi connectivity index (χ4v) is 2.39. The van der Waals surface area contributed by atoms with Crippen LogP contribution in [0.1, 0.15) is 30.2 Å². The number of benzene rings is 2. The number of nitrogens with one attached hydrogen (secondary N) is 1. The van der Waals surface area contributed by atoms with Crippen LogP contribution in [0, 0.1) is 6.92 Å². The number of fused-ring (bicyclic) bond motifs is 1. The van der Waals surface area contributed by atoms with E-state index in [1.54, 1.807) is 0 Å². The van der Waals surface area contributed by atoms with E-state index in [2.05, 4.69) is 64.8 Å². The lowest BCUT2D eigenvalue weighted by molar-refractivity contribution is 0.357. The standard InChI is InChI=1S/C16H17N3O/c1-11(17-10-16-18-12(2)19-20-16)14-9-5-7-13-6-3-4-8-15(13)14/h3-9,11,17H,10H2,1-2H3. The number of hydrogen-bond donors (Lipinski definition) is 1. The lowest BCUT2D eigenvalue weighted by Gasteiger charge is -2.15. The third-order valence-electron chi connectivity index (χ3n) is 3.42. The maximum absolute atomic E-state index is 5.11. The summed E-state index contributed by atoms with van der Waals surface area (Å²) in [4.78, 5) is 4.20. The molecule has 1 aromatic heterocycles. The zero-order chi connectivity index (χ0) is 13.9. The summed E-state index contributed by atoms with van der Waals surface area (Å²) in [5.41, 5.74) is 1.28. The van der Waals surface area contributed by atoms with Crippen LogP contribution in [-0.2, 0) is 6.54 Å². The van der Waals surface area contributed by atoms with Crippen LogP contribution in [0.5, 0.6) is 0 Å². The Bertz CT molecular complexity index is 715. The van der Waals surface area contributed by atoms with Gasteiger partial charge < -0.3 is 9.84 Å². The second kappa shape index (κ2) is 5.43. The van der Waals surface area contributed by atoms with Gasteiger partial charge in [0, 0.05) is 6.04 Å². The Labute approximate surface area is 117 Å². The summed E-state index contributed by atoms with van der Waals surface area (Å²) < 4.78 is 5.11. The fraction of sp³-hybridized carbons (Fsp3) is 0.250. The summed E-state index contributed by atoms with van der Waals surface area (Å²) in [6, 6.07) is 15.0. The first-order chi connectivity index (χ1) is 9.74. The van der Waals surface area contributed by atoms with Gasteiger partial charge in [-0.25, -0.2) is 0 Å². The molecule has 4 nitrogen and oxygen atoms in total. The third kappa shape index (κ3) is 2.56. The molecule has 1 N–H and O–H groups in total. The lowest BCUT2D eigenvalue weighted by Crippen LogP contribution is -2.18. The van der Waals surface area contributed by atoms with Crippen molar-refractivity contribution in [3.05, 3.63) is 59.7 Å². The third-order valence-corrected chi connectivity index (χ3v) is 3.42. The van der Waals surface area contributed by atoms with E-state index in [4.69, 9.17) is 4.52 Å². The van der Waals surface area contributed by atoms with Crippen molar-refractivity contribution in [1.82, 2.24) is 15.5 Å². The quantitative estimate of drug-likeness (QED) is 0.787. The topological polar surface area (TPSA) is 51.0 Å². The van der Waals surface area contributed by atoms with Crippen molar-refractivity contribution in [3.63, 3.8) is 0 Å². The molecule has 1 atom stereocenters. The van der Waals surface area contributed by atoms with Gasteiger partial charge >= 0.3 is 0 Å². The Kier molecular flexibility index (Phi) is 3.48. The minimum Gasteiger partial charge on any atom is -0.338 e. The molecule has 20 heavy (non-hydrogen) atoms. The highest BCUT2D eigenvalue weighted by atomic mass is 16.5. The van der Waals surface area contributed by atoms with Crippen LogP contribution in [-0.4, -0.2) is 10.1 Å². The molecule has 0 saturated carbocycles. The molecule has 1 unspecified atom stereocenters. The van der Waals surface area contributed by atoms with Crippen LogP contribution < -0.4 is 5.32 Å². The normalized spacial score (nSPS) is 12.7. The number of nitrogens with zero attached hydrogens (tertiary/aromatic N) is 2. The molecular weight excluding hydrogens is 250 g/mol. The molecule has 0 radical (unpaired) electrons. The van der Waals surface area contributed by atoms with E-state index in [9.17, 15) is 0 Å². The van der Waals surface area contributed by atoms with Crippen LogP contribution in [0.4, 0.5) is 0 Å². The van der Waals surface area contributed by atoms with Crippen molar-refractivity contribution in [2.75, 3.05) is 0 Å². The molecule has 2 aromatic carbocycles. The summed E-state index contributed by atoms with van der Waals surface area (Å²) in [5.74, 6) is 1.29. The Morgan fingerprint density at radius 3 is 2.75 bits per heavy atom. The van der Waals surface area contributed by atoms with Gasteiger partial charge in [-0.2, -0.15) is 4.98 Å². The SMILES string of the molecule is Cc1noc(CNC(C)c2cccc3ccccc23)n1. The first kappa shape index (κ1) is 12.8. The number of rotatable bonds is 4. The predicted octanol–water partition coefficient (Wildman–Crippen LogP) is 3.38. The van der Waals surface area contributed by atoms with Crippen molar-refractivity contribution >= 4 is 10.8 Å². The number of hydrogen-bond acceptors (Lipinski definition) is 4. The molecule has 1 heterocycles. The highest BCUT2D eigenvalue weighted by Crippen LogP contribution is 2.24. The first-order valence-corrected chi connectivity index (χ1v) is 6.74. The van der Waals surface area contributed by atoms with E-state index >= 15 is 0 Å². The van der Waals surface area contributed by atoms with Gasteiger partial charge in [-0.05, 0) is 30.2 Å². The monoisotopic (exact) mass is 267 g/mol. The Morgan fingerprint density at radius 2 is 1.95 bits per heavy atom. The van der Waals surface area contributed by atoms with Gasteiger partial charge in [0.05, 0.1) is 6.54 Å². The largest absolute Gasteiger partial charge is 0.338 e. The smallest absolute Gasteiger partial charge is 0.240 e. The molecule has 0 bridgehead atoms. The van der Waals surface area contributed by atoms with Crippen molar-refractivity contribution in [3.8, 4) is 0 Å². The zero-order valence-corrected chi connectivity index (χ0v) is 11.6. The predicted molar refractivity (Wildman–Crippen MR) is 78.2 cm³/mol. The van der Waals surface area contributed by atoms with Gasteiger partial charge in [-0.1, -0.05) is 47.6 Å². The molecule has 102 valence electrons. The second-order valence-corrected chi connectivity index (χ2v) is 4.91. The zero-order valence-electron chi connectivity index (χ0n) is 11.6. The molecule has 3 rings (SSSR count). The molecule has 0 aliphatic rings. The Balaban J connectivity index is 1.80. The minimum absolute atomic E-state index is 0.216. The summed E-state index contributed by atoms with van der Waals surface area (Å²) in [7, 11) is 0. The molecular formula is C16H17N3O. The van der Waals surface area contributed by atoms with Crippen molar-refractivity contribution in [1.29, 1.82) is 0 Å². The summed E-state index contributed by atoms with van der Waals surface area (Å²) in [6.07, 6.45) is 0. The molecule has 4 heteroatoms. The Morgan fingerprint density at radius 1 is 1.15 bits per heavy atom. The van der Waals surface area contributed by atoms with Crippen LogP contribution in [0.3, 0.4) is 0 Å². The average Bonchev–Trinajstić information content (AvgIpc) is 2.90. The van der Waals surface area contributed by atoms with Gasteiger partial charge in [0.1, 0.15) is 0 Å². The van der Waals surface area contributed by atoms with Gasteiger partial charge in [-0.15, -0.1) is 0 Å². The van der Waals surface area contributed by atoms with E-state index in [-0.39, 0.29) is 6.04 Å². The maximum atomic E-state index is 5.11. The highest BCUT2D eigenvalue weighted by Gasteiger charge is 2.10. The summed E-state index contributed by atoms with van der Waals surface area (Å²) >= 11 is 0. The van der Waals surface area contributed by atoms with Crippen molar-refractivity contribution in [2.24, 2.45) is 0 Å². The molecule has 0 fully saturated rings. The van der Waals surface area contributed by atoms with Crippen LogP contribution in [0.2, 0.25) is 0 Å². The van der Waals surface area contributed by atoms with Gasteiger partial charge in [0.2, 0.25) is 5.89 Å². The molecule has 0 aliphatic carbocycles. The number of aromatic nitrogens is 2. The molecule has 0 aliphatic heterocycles.